The van der Waals surface area contributed by atoms with Crippen LogP contribution in [-0.4, -0.2) is 27.3 Å². The van der Waals surface area contributed by atoms with E-state index >= 15 is 0 Å². The van der Waals surface area contributed by atoms with Gasteiger partial charge < -0.3 is 14.6 Å². The number of rotatable bonds is 5. The molecule has 0 unspecified atom stereocenters. The molecule has 4 rings (SSSR count). The Morgan fingerprint density at radius 2 is 2.00 bits per heavy atom. The number of halogens is 1. The lowest BCUT2D eigenvalue weighted by Gasteiger charge is -2.10. The Morgan fingerprint density at radius 3 is 2.89 bits per heavy atom. The van der Waals surface area contributed by atoms with E-state index in [1.807, 2.05) is 24.3 Å². The van der Waals surface area contributed by atoms with Crippen LogP contribution in [0.4, 0.5) is 10.1 Å². The maximum atomic E-state index is 13.2. The molecule has 0 atom stereocenters. The standard InChI is InChI=1S/C21H21FN4O2/c22-16-7-5-9-18(13-16)28-14-20(27)23-17-8-4-6-15(12-17)21-25-24-19-10-2-1-3-11-26(19)21/h4-9,12-13H,1-3,10-11,14H2,(H,23,27). The van der Waals surface area contributed by atoms with Crippen LogP contribution < -0.4 is 10.1 Å². The Morgan fingerprint density at radius 1 is 1.11 bits per heavy atom. The Balaban J connectivity index is 1.44. The number of amides is 1. The number of aryl methyl sites for hydroxylation is 1. The number of nitrogens with zero attached hydrogens (tertiary/aromatic N) is 3. The first-order valence-electron chi connectivity index (χ1n) is 9.40. The molecule has 0 saturated carbocycles. The molecule has 6 nitrogen and oxygen atoms in total. The third kappa shape index (κ3) is 4.19. The molecule has 0 aliphatic carbocycles. The second kappa shape index (κ2) is 8.21. The van der Waals surface area contributed by atoms with E-state index in [4.69, 9.17) is 4.74 Å². The van der Waals surface area contributed by atoms with Crippen LogP contribution in [0.25, 0.3) is 11.4 Å². The summed E-state index contributed by atoms with van der Waals surface area (Å²) >= 11 is 0. The SMILES string of the molecule is O=C(COc1cccc(F)c1)Nc1cccc(-c2nnc3n2CCCCC3)c1. The number of hydrogen-bond acceptors (Lipinski definition) is 4. The second-order valence-corrected chi connectivity index (χ2v) is 6.78. The van der Waals surface area contributed by atoms with Crippen molar-refractivity contribution in [3.8, 4) is 17.1 Å². The lowest BCUT2D eigenvalue weighted by Crippen LogP contribution is -2.20. The fraction of sp³-hybridized carbons (Fsp3) is 0.286. The van der Waals surface area contributed by atoms with E-state index in [-0.39, 0.29) is 12.5 Å². The van der Waals surface area contributed by atoms with Crippen molar-refractivity contribution in [1.82, 2.24) is 14.8 Å². The molecular weight excluding hydrogens is 359 g/mol. The summed E-state index contributed by atoms with van der Waals surface area (Å²) in [5, 5.41) is 11.5. The van der Waals surface area contributed by atoms with Gasteiger partial charge in [-0.1, -0.05) is 24.6 Å². The maximum Gasteiger partial charge on any atom is 0.262 e. The van der Waals surface area contributed by atoms with Crippen LogP contribution in [0.5, 0.6) is 5.75 Å². The van der Waals surface area contributed by atoms with Crippen LogP contribution in [0.15, 0.2) is 48.5 Å². The second-order valence-electron chi connectivity index (χ2n) is 6.78. The van der Waals surface area contributed by atoms with E-state index in [9.17, 15) is 9.18 Å². The molecule has 1 N–H and O–H groups in total. The van der Waals surface area contributed by atoms with Crippen molar-refractivity contribution >= 4 is 11.6 Å². The van der Waals surface area contributed by atoms with Crippen LogP contribution in [0.1, 0.15) is 25.1 Å². The number of carbonyl (C=O) groups excluding carboxylic acids is 1. The molecule has 1 aromatic heterocycles. The number of carbonyl (C=O) groups is 1. The van der Waals surface area contributed by atoms with Crippen molar-refractivity contribution in [1.29, 1.82) is 0 Å². The van der Waals surface area contributed by atoms with Gasteiger partial charge in [0.25, 0.3) is 5.91 Å². The van der Waals surface area contributed by atoms with Crippen LogP contribution >= 0.6 is 0 Å². The van der Waals surface area contributed by atoms with Crippen LogP contribution in [0.3, 0.4) is 0 Å². The number of fused-ring (bicyclic) bond motifs is 1. The quantitative estimate of drug-likeness (QED) is 0.730. The zero-order valence-corrected chi connectivity index (χ0v) is 15.4. The molecule has 3 aromatic rings. The highest BCUT2D eigenvalue weighted by Crippen LogP contribution is 2.25. The minimum atomic E-state index is -0.405. The lowest BCUT2D eigenvalue weighted by molar-refractivity contribution is -0.118. The zero-order valence-electron chi connectivity index (χ0n) is 15.4. The molecule has 0 bridgehead atoms. The van der Waals surface area contributed by atoms with Gasteiger partial charge in [-0.05, 0) is 37.1 Å². The Hall–Kier alpha value is -3.22. The lowest BCUT2D eigenvalue weighted by atomic mass is 10.2. The van der Waals surface area contributed by atoms with Gasteiger partial charge in [0.1, 0.15) is 17.4 Å². The summed E-state index contributed by atoms with van der Waals surface area (Å²) < 4.78 is 20.7. The molecule has 0 saturated heterocycles. The highest BCUT2D eigenvalue weighted by molar-refractivity contribution is 5.92. The molecule has 0 fully saturated rings. The molecule has 1 aliphatic heterocycles. The summed E-state index contributed by atoms with van der Waals surface area (Å²) in [6, 6.07) is 13.2. The van der Waals surface area contributed by atoms with E-state index < -0.39 is 5.82 Å². The summed E-state index contributed by atoms with van der Waals surface area (Å²) in [6.45, 7) is 0.712. The fourth-order valence-electron chi connectivity index (χ4n) is 3.34. The van der Waals surface area contributed by atoms with Crippen molar-refractivity contribution in [2.24, 2.45) is 0 Å². The highest BCUT2D eigenvalue weighted by atomic mass is 19.1. The average Bonchev–Trinajstić information content (AvgIpc) is 2.95. The normalized spacial score (nSPS) is 13.5. The van der Waals surface area contributed by atoms with Crippen molar-refractivity contribution in [3.63, 3.8) is 0 Å². The third-order valence-electron chi connectivity index (χ3n) is 4.68. The topological polar surface area (TPSA) is 69.0 Å². The van der Waals surface area contributed by atoms with E-state index in [1.165, 1.54) is 24.6 Å². The van der Waals surface area contributed by atoms with E-state index in [1.54, 1.807) is 6.07 Å². The largest absolute Gasteiger partial charge is 0.484 e. The van der Waals surface area contributed by atoms with Gasteiger partial charge in [-0.15, -0.1) is 10.2 Å². The predicted octanol–water partition coefficient (Wildman–Crippen LogP) is 3.83. The minimum Gasteiger partial charge on any atom is -0.484 e. The molecule has 1 amide bonds. The van der Waals surface area contributed by atoms with Gasteiger partial charge in [-0.25, -0.2) is 4.39 Å². The number of anilines is 1. The summed E-state index contributed by atoms with van der Waals surface area (Å²) in [5.41, 5.74) is 1.56. The summed E-state index contributed by atoms with van der Waals surface area (Å²) in [6.07, 6.45) is 4.40. The van der Waals surface area contributed by atoms with Gasteiger partial charge in [-0.2, -0.15) is 0 Å². The third-order valence-corrected chi connectivity index (χ3v) is 4.68. The number of hydrogen-bond donors (Lipinski definition) is 1. The van der Waals surface area contributed by atoms with E-state index in [2.05, 4.69) is 20.1 Å². The molecule has 144 valence electrons. The smallest absolute Gasteiger partial charge is 0.262 e. The summed E-state index contributed by atoms with van der Waals surface area (Å²) in [7, 11) is 0. The maximum absolute atomic E-state index is 13.2. The number of benzene rings is 2. The molecule has 2 aromatic carbocycles. The van der Waals surface area contributed by atoms with Crippen molar-refractivity contribution in [3.05, 3.63) is 60.2 Å². The monoisotopic (exact) mass is 380 g/mol. The molecule has 0 spiro atoms. The highest BCUT2D eigenvalue weighted by Gasteiger charge is 2.16. The van der Waals surface area contributed by atoms with Gasteiger partial charge >= 0.3 is 0 Å². The number of ether oxygens (including phenoxy) is 1. The molecule has 7 heteroatoms. The summed E-state index contributed by atoms with van der Waals surface area (Å²) in [4.78, 5) is 12.2. The van der Waals surface area contributed by atoms with Gasteiger partial charge in [0.05, 0.1) is 0 Å². The number of nitrogens with one attached hydrogen (secondary N) is 1. The minimum absolute atomic E-state index is 0.200. The molecule has 0 radical (unpaired) electrons. The van der Waals surface area contributed by atoms with Crippen LogP contribution in [0, 0.1) is 5.82 Å². The van der Waals surface area contributed by atoms with Gasteiger partial charge in [0, 0.05) is 30.3 Å². The number of aromatic nitrogens is 3. The first kappa shape index (κ1) is 18.2. The first-order valence-corrected chi connectivity index (χ1v) is 9.40. The van der Waals surface area contributed by atoms with Crippen molar-refractivity contribution < 1.29 is 13.9 Å². The van der Waals surface area contributed by atoms with Crippen LogP contribution in [-0.2, 0) is 17.8 Å². The Bertz CT molecular complexity index is 986. The predicted molar refractivity (Wildman–Crippen MR) is 104 cm³/mol. The summed E-state index contributed by atoms with van der Waals surface area (Å²) in [5.74, 6) is 1.43. The molecule has 2 heterocycles. The van der Waals surface area contributed by atoms with Crippen molar-refractivity contribution in [2.75, 3.05) is 11.9 Å². The van der Waals surface area contributed by atoms with Gasteiger partial charge in [-0.3, -0.25) is 4.79 Å². The van der Waals surface area contributed by atoms with Crippen molar-refractivity contribution in [2.45, 2.75) is 32.2 Å². The van der Waals surface area contributed by atoms with Crippen LogP contribution in [0.2, 0.25) is 0 Å². The fourth-order valence-corrected chi connectivity index (χ4v) is 3.34. The first-order chi connectivity index (χ1) is 13.7. The van der Waals surface area contributed by atoms with E-state index in [0.29, 0.717) is 11.4 Å². The van der Waals surface area contributed by atoms with E-state index in [0.717, 1.165) is 43.0 Å². The van der Waals surface area contributed by atoms with Gasteiger partial charge in [0.15, 0.2) is 12.4 Å². The molecule has 28 heavy (non-hydrogen) atoms. The molecular formula is C21H21FN4O2. The average molecular weight is 380 g/mol. The Labute approximate surface area is 162 Å². The molecule has 1 aliphatic rings. The zero-order chi connectivity index (χ0) is 19.3. The van der Waals surface area contributed by atoms with Gasteiger partial charge in [0.2, 0.25) is 0 Å². The Kier molecular flexibility index (Phi) is 5.32.